The number of aliphatic carboxylic acids is 1. The third-order valence-electron chi connectivity index (χ3n) is 3.79. The number of rotatable bonds is 8. The number of carboxylic acids is 1. The summed E-state index contributed by atoms with van der Waals surface area (Å²) in [5.74, 6) is -1.35. The van der Waals surface area contributed by atoms with Crippen LogP contribution in [0.5, 0.6) is 0 Å². The second kappa shape index (κ2) is 7.76. The highest BCUT2D eigenvalue weighted by Gasteiger charge is 2.30. The number of hydrogen-bond acceptors (Lipinski definition) is 3. The maximum absolute atomic E-state index is 12.2. The first-order chi connectivity index (χ1) is 11.0. The molecule has 0 saturated heterocycles. The summed E-state index contributed by atoms with van der Waals surface area (Å²) in [6, 6.07) is 5.42. The van der Waals surface area contributed by atoms with E-state index >= 15 is 0 Å². The van der Waals surface area contributed by atoms with Gasteiger partial charge in [0.2, 0.25) is 0 Å². The second-order valence-electron chi connectivity index (χ2n) is 5.88. The molecule has 1 unspecified atom stereocenters. The molecular formula is C17H22N2O4. The van der Waals surface area contributed by atoms with E-state index < -0.39 is 17.9 Å². The molecule has 0 spiro atoms. The molecule has 6 nitrogen and oxygen atoms in total. The van der Waals surface area contributed by atoms with Gasteiger partial charge in [-0.2, -0.15) is 0 Å². The van der Waals surface area contributed by atoms with Crippen molar-refractivity contribution in [2.45, 2.75) is 38.6 Å². The van der Waals surface area contributed by atoms with Gasteiger partial charge in [0.05, 0.1) is 0 Å². The number of benzene rings is 1. The fourth-order valence-corrected chi connectivity index (χ4v) is 2.29. The predicted molar refractivity (Wildman–Crippen MR) is 85.3 cm³/mol. The molecule has 1 aliphatic carbocycles. The van der Waals surface area contributed by atoms with Crippen LogP contribution < -0.4 is 10.6 Å². The van der Waals surface area contributed by atoms with Crippen molar-refractivity contribution in [3.05, 3.63) is 35.4 Å². The number of hydrogen-bond donors (Lipinski definition) is 3. The van der Waals surface area contributed by atoms with Gasteiger partial charge in [0.15, 0.2) is 0 Å². The molecule has 0 radical (unpaired) electrons. The molecule has 1 aromatic rings. The van der Waals surface area contributed by atoms with E-state index in [1.165, 1.54) is 6.07 Å². The Morgan fingerprint density at radius 2 is 1.87 bits per heavy atom. The summed E-state index contributed by atoms with van der Waals surface area (Å²) in [5.41, 5.74) is 0.677. The van der Waals surface area contributed by atoms with Crippen LogP contribution in [0.2, 0.25) is 0 Å². The largest absolute Gasteiger partial charge is 0.480 e. The maximum Gasteiger partial charge on any atom is 0.326 e. The van der Waals surface area contributed by atoms with Gasteiger partial charge in [0.1, 0.15) is 6.04 Å². The van der Waals surface area contributed by atoms with Crippen molar-refractivity contribution in [3.8, 4) is 0 Å². The summed E-state index contributed by atoms with van der Waals surface area (Å²) in [6.07, 6.45) is 3.32. The van der Waals surface area contributed by atoms with Crippen molar-refractivity contribution < 1.29 is 19.5 Å². The number of carboxylic acid groups (broad SMARTS) is 1. The lowest BCUT2D eigenvalue weighted by molar-refractivity contribution is -0.139. The van der Waals surface area contributed by atoms with Gasteiger partial charge in [-0.3, -0.25) is 9.59 Å². The summed E-state index contributed by atoms with van der Waals surface area (Å²) in [4.78, 5) is 35.4. The van der Waals surface area contributed by atoms with Crippen molar-refractivity contribution >= 4 is 17.8 Å². The molecule has 2 rings (SSSR count). The average Bonchev–Trinajstić information content (AvgIpc) is 3.36. The van der Waals surface area contributed by atoms with Gasteiger partial charge in [-0.15, -0.1) is 0 Å². The normalized spacial score (nSPS) is 14.8. The minimum atomic E-state index is -1.03. The number of carbonyl (C=O) groups excluding carboxylic acids is 2. The molecule has 0 aromatic heterocycles. The van der Waals surface area contributed by atoms with Crippen molar-refractivity contribution in [2.24, 2.45) is 5.92 Å². The van der Waals surface area contributed by atoms with Crippen LogP contribution in [0.15, 0.2) is 24.3 Å². The Balaban J connectivity index is 2.03. The van der Waals surface area contributed by atoms with Crippen LogP contribution in [0.4, 0.5) is 0 Å². The Labute approximate surface area is 135 Å². The van der Waals surface area contributed by atoms with Gasteiger partial charge < -0.3 is 15.7 Å². The Morgan fingerprint density at radius 1 is 1.22 bits per heavy atom. The third kappa shape index (κ3) is 5.09. The average molecular weight is 318 g/mol. The fourth-order valence-electron chi connectivity index (χ4n) is 2.29. The van der Waals surface area contributed by atoms with E-state index in [-0.39, 0.29) is 11.5 Å². The number of nitrogens with one attached hydrogen (secondary N) is 2. The second-order valence-corrected chi connectivity index (χ2v) is 5.88. The summed E-state index contributed by atoms with van der Waals surface area (Å²) in [5, 5.41) is 14.5. The van der Waals surface area contributed by atoms with Crippen LogP contribution >= 0.6 is 0 Å². The zero-order valence-corrected chi connectivity index (χ0v) is 13.2. The molecule has 1 fully saturated rings. The fraction of sp³-hybridized carbons (Fsp3) is 0.471. The monoisotopic (exact) mass is 318 g/mol. The lowest BCUT2D eigenvalue weighted by Gasteiger charge is -2.14. The summed E-state index contributed by atoms with van der Waals surface area (Å²) in [7, 11) is 0. The molecular weight excluding hydrogens is 296 g/mol. The summed E-state index contributed by atoms with van der Waals surface area (Å²) in [6.45, 7) is 2.52. The van der Waals surface area contributed by atoms with Gasteiger partial charge in [-0.1, -0.05) is 25.8 Å². The zero-order valence-electron chi connectivity index (χ0n) is 13.2. The molecule has 0 heterocycles. The van der Waals surface area contributed by atoms with Gasteiger partial charge in [0, 0.05) is 17.7 Å². The minimum Gasteiger partial charge on any atom is -0.480 e. The van der Waals surface area contributed by atoms with Crippen molar-refractivity contribution in [1.29, 1.82) is 0 Å². The zero-order chi connectivity index (χ0) is 16.8. The first-order valence-electron chi connectivity index (χ1n) is 7.93. The Kier molecular flexibility index (Phi) is 5.73. The standard InChI is InChI=1S/C17H22N2O4/c1-2-8-18-15(20)12-4-3-5-13(10-12)16(21)19-14(17(22)23)9-11-6-7-11/h3-5,10-11,14H,2,6-9H2,1H3,(H,18,20)(H,19,21)(H,22,23). The topological polar surface area (TPSA) is 95.5 Å². The van der Waals surface area contributed by atoms with E-state index in [0.29, 0.717) is 24.4 Å². The van der Waals surface area contributed by atoms with Crippen LogP contribution in [0.25, 0.3) is 0 Å². The van der Waals surface area contributed by atoms with Gasteiger partial charge >= 0.3 is 5.97 Å². The molecule has 124 valence electrons. The molecule has 1 aliphatic rings. The molecule has 1 atom stereocenters. The molecule has 2 amide bonds. The quantitative estimate of drug-likeness (QED) is 0.681. The Bertz CT molecular complexity index is 596. The van der Waals surface area contributed by atoms with Crippen LogP contribution in [0.3, 0.4) is 0 Å². The molecule has 3 N–H and O–H groups in total. The van der Waals surface area contributed by atoms with Crippen molar-refractivity contribution in [2.75, 3.05) is 6.54 Å². The van der Waals surface area contributed by atoms with Crippen LogP contribution in [0.1, 0.15) is 53.3 Å². The highest BCUT2D eigenvalue weighted by atomic mass is 16.4. The maximum atomic E-state index is 12.2. The van der Waals surface area contributed by atoms with E-state index in [4.69, 9.17) is 0 Å². The smallest absolute Gasteiger partial charge is 0.326 e. The van der Waals surface area contributed by atoms with E-state index in [2.05, 4.69) is 10.6 Å². The molecule has 1 saturated carbocycles. The highest BCUT2D eigenvalue weighted by molar-refractivity contribution is 6.00. The number of carbonyl (C=O) groups is 3. The molecule has 0 bridgehead atoms. The molecule has 23 heavy (non-hydrogen) atoms. The van der Waals surface area contributed by atoms with Gasteiger partial charge in [0.25, 0.3) is 11.8 Å². The first-order valence-corrected chi connectivity index (χ1v) is 7.93. The van der Waals surface area contributed by atoms with E-state index in [9.17, 15) is 19.5 Å². The number of amides is 2. The van der Waals surface area contributed by atoms with E-state index in [1.54, 1.807) is 18.2 Å². The van der Waals surface area contributed by atoms with Crippen LogP contribution in [-0.4, -0.2) is 35.5 Å². The third-order valence-corrected chi connectivity index (χ3v) is 3.79. The lowest BCUT2D eigenvalue weighted by atomic mass is 10.1. The molecule has 6 heteroatoms. The highest BCUT2D eigenvalue weighted by Crippen LogP contribution is 2.33. The predicted octanol–water partition coefficient (Wildman–Crippen LogP) is 1.81. The summed E-state index contributed by atoms with van der Waals surface area (Å²) < 4.78 is 0. The van der Waals surface area contributed by atoms with Gasteiger partial charge in [-0.05, 0) is 37.0 Å². The lowest BCUT2D eigenvalue weighted by Crippen LogP contribution is -2.41. The molecule has 1 aromatic carbocycles. The SMILES string of the molecule is CCCNC(=O)c1cccc(C(=O)NC(CC2CC2)C(=O)O)c1. The van der Waals surface area contributed by atoms with E-state index in [1.807, 2.05) is 6.92 Å². The minimum absolute atomic E-state index is 0.241. The van der Waals surface area contributed by atoms with Crippen molar-refractivity contribution in [3.63, 3.8) is 0 Å². The van der Waals surface area contributed by atoms with Crippen molar-refractivity contribution in [1.82, 2.24) is 10.6 Å². The first kappa shape index (κ1) is 17.0. The Hall–Kier alpha value is -2.37. The van der Waals surface area contributed by atoms with Gasteiger partial charge in [-0.25, -0.2) is 4.79 Å². The van der Waals surface area contributed by atoms with E-state index in [0.717, 1.165) is 19.3 Å². The van der Waals surface area contributed by atoms with Crippen LogP contribution in [0, 0.1) is 5.92 Å². The van der Waals surface area contributed by atoms with Crippen LogP contribution in [-0.2, 0) is 4.79 Å². The Morgan fingerprint density at radius 3 is 2.43 bits per heavy atom. The summed E-state index contributed by atoms with van der Waals surface area (Å²) >= 11 is 0. The molecule has 0 aliphatic heterocycles.